The molecule has 0 unspecified atom stereocenters. The summed E-state index contributed by atoms with van der Waals surface area (Å²) in [4.78, 5) is 0.213. The fourth-order valence-electron chi connectivity index (χ4n) is 2.67. The largest absolute Gasteiger partial charge is 0.391 e. The van der Waals surface area contributed by atoms with Crippen LogP contribution < -0.4 is 4.72 Å². The minimum absolute atomic E-state index is 0.213. The highest BCUT2D eigenvalue weighted by Gasteiger charge is 2.34. The third-order valence-electron chi connectivity index (χ3n) is 3.82. The molecule has 0 spiro atoms. The molecule has 1 aliphatic carbocycles. The molecule has 2 atom stereocenters. The molecule has 2 N–H and O–H groups in total. The zero-order chi connectivity index (χ0) is 15.0. The zero-order valence-electron chi connectivity index (χ0n) is 11.7. The summed E-state index contributed by atoms with van der Waals surface area (Å²) in [6, 6.07) is 13.6. The third kappa shape index (κ3) is 2.72. The second-order valence-corrected chi connectivity index (χ2v) is 7.10. The monoisotopic (exact) mass is 303 g/mol. The summed E-state index contributed by atoms with van der Waals surface area (Å²) in [6.07, 6.45) is -0.264. The van der Waals surface area contributed by atoms with Gasteiger partial charge in [0.15, 0.2) is 0 Å². The molecule has 5 heteroatoms. The maximum absolute atomic E-state index is 12.4. The van der Waals surface area contributed by atoms with Gasteiger partial charge in [0.1, 0.15) is 0 Å². The van der Waals surface area contributed by atoms with Gasteiger partial charge in [-0.3, -0.25) is 0 Å². The molecular formula is C16H17NO3S. The Kier molecular flexibility index (Phi) is 3.57. The fraction of sp³-hybridized carbons (Fsp3) is 0.250. The Bertz CT molecular complexity index is 753. The van der Waals surface area contributed by atoms with E-state index in [0.29, 0.717) is 6.42 Å². The van der Waals surface area contributed by atoms with E-state index in [-0.39, 0.29) is 4.90 Å². The van der Waals surface area contributed by atoms with Crippen molar-refractivity contribution in [2.75, 3.05) is 0 Å². The predicted molar refractivity (Wildman–Crippen MR) is 80.4 cm³/mol. The molecule has 2 aromatic rings. The quantitative estimate of drug-likeness (QED) is 0.910. The SMILES string of the molecule is Cc1ccc(S(=O)(=O)N[C@H]2c3ccccc3C[C@H]2O)cc1. The van der Waals surface area contributed by atoms with Gasteiger partial charge in [0.25, 0.3) is 0 Å². The lowest BCUT2D eigenvalue weighted by Gasteiger charge is -2.18. The van der Waals surface area contributed by atoms with Crippen LogP contribution in [0.25, 0.3) is 0 Å². The maximum Gasteiger partial charge on any atom is 0.241 e. The van der Waals surface area contributed by atoms with Crippen LogP contribution in [0.1, 0.15) is 22.7 Å². The normalized spacial score (nSPS) is 21.2. The summed E-state index contributed by atoms with van der Waals surface area (Å²) in [5.74, 6) is 0. The van der Waals surface area contributed by atoms with E-state index in [4.69, 9.17) is 0 Å². The van der Waals surface area contributed by atoms with E-state index < -0.39 is 22.2 Å². The average molecular weight is 303 g/mol. The average Bonchev–Trinajstić information content (AvgIpc) is 2.75. The van der Waals surface area contributed by atoms with Crippen molar-refractivity contribution >= 4 is 10.0 Å². The minimum atomic E-state index is -3.65. The van der Waals surface area contributed by atoms with E-state index in [0.717, 1.165) is 16.7 Å². The summed E-state index contributed by atoms with van der Waals surface area (Å²) < 4.78 is 27.5. The van der Waals surface area contributed by atoms with Gasteiger partial charge in [-0.05, 0) is 30.2 Å². The molecule has 1 aliphatic rings. The molecule has 0 fully saturated rings. The molecule has 110 valence electrons. The van der Waals surface area contributed by atoms with Gasteiger partial charge in [-0.1, -0.05) is 42.0 Å². The van der Waals surface area contributed by atoms with Crippen molar-refractivity contribution in [3.05, 3.63) is 65.2 Å². The Morgan fingerprint density at radius 2 is 1.76 bits per heavy atom. The van der Waals surface area contributed by atoms with Crippen LogP contribution in [-0.4, -0.2) is 19.6 Å². The molecule has 0 saturated carbocycles. The number of aliphatic hydroxyl groups excluding tert-OH is 1. The number of sulfonamides is 1. The Balaban J connectivity index is 1.91. The van der Waals surface area contributed by atoms with Gasteiger partial charge < -0.3 is 5.11 Å². The number of nitrogens with one attached hydrogen (secondary N) is 1. The number of fused-ring (bicyclic) bond motifs is 1. The van der Waals surface area contributed by atoms with Gasteiger partial charge >= 0.3 is 0 Å². The number of benzene rings is 2. The Morgan fingerprint density at radius 3 is 2.48 bits per heavy atom. The number of hydrogen-bond acceptors (Lipinski definition) is 3. The minimum Gasteiger partial charge on any atom is -0.391 e. The van der Waals surface area contributed by atoms with Gasteiger partial charge in [-0.15, -0.1) is 0 Å². The van der Waals surface area contributed by atoms with Crippen LogP contribution in [0.2, 0.25) is 0 Å². The molecule has 0 saturated heterocycles. The lowest BCUT2D eigenvalue weighted by molar-refractivity contribution is 0.151. The number of hydrogen-bond donors (Lipinski definition) is 2. The second-order valence-electron chi connectivity index (χ2n) is 5.38. The van der Waals surface area contributed by atoms with Crippen LogP contribution in [0.15, 0.2) is 53.4 Å². The van der Waals surface area contributed by atoms with Gasteiger partial charge in [0, 0.05) is 6.42 Å². The standard InChI is InChI=1S/C16H17NO3S/c1-11-6-8-13(9-7-11)21(19,20)17-16-14-5-3-2-4-12(14)10-15(16)18/h2-9,15-18H,10H2,1H3/t15-,16+/m1/s1. The van der Waals surface area contributed by atoms with Crippen LogP contribution in [0.5, 0.6) is 0 Å². The molecule has 2 aromatic carbocycles. The van der Waals surface area contributed by atoms with Crippen LogP contribution in [0.4, 0.5) is 0 Å². The topological polar surface area (TPSA) is 66.4 Å². The summed E-state index contributed by atoms with van der Waals surface area (Å²) in [6.45, 7) is 1.90. The van der Waals surface area contributed by atoms with Crippen molar-refractivity contribution in [2.24, 2.45) is 0 Å². The van der Waals surface area contributed by atoms with E-state index in [1.165, 1.54) is 0 Å². The number of aryl methyl sites for hydroxylation is 1. The summed E-state index contributed by atoms with van der Waals surface area (Å²) in [5, 5.41) is 10.1. The molecule has 0 radical (unpaired) electrons. The maximum atomic E-state index is 12.4. The van der Waals surface area contributed by atoms with Gasteiger partial charge in [-0.2, -0.15) is 0 Å². The van der Waals surface area contributed by atoms with Crippen molar-refractivity contribution in [2.45, 2.75) is 30.4 Å². The highest BCUT2D eigenvalue weighted by atomic mass is 32.2. The summed E-state index contributed by atoms with van der Waals surface area (Å²) >= 11 is 0. The summed E-state index contributed by atoms with van der Waals surface area (Å²) in [5.41, 5.74) is 2.84. The smallest absolute Gasteiger partial charge is 0.241 e. The van der Waals surface area contributed by atoms with E-state index in [1.54, 1.807) is 24.3 Å². The van der Waals surface area contributed by atoms with Crippen molar-refractivity contribution in [3.8, 4) is 0 Å². The van der Waals surface area contributed by atoms with E-state index in [2.05, 4.69) is 4.72 Å². The van der Waals surface area contributed by atoms with Gasteiger partial charge in [0.05, 0.1) is 17.0 Å². The molecule has 4 nitrogen and oxygen atoms in total. The Labute approximate surface area is 124 Å². The molecule has 0 heterocycles. The van der Waals surface area contributed by atoms with Crippen LogP contribution in [0, 0.1) is 6.92 Å². The lowest BCUT2D eigenvalue weighted by atomic mass is 10.1. The Morgan fingerprint density at radius 1 is 1.10 bits per heavy atom. The van der Waals surface area contributed by atoms with E-state index in [9.17, 15) is 13.5 Å². The highest BCUT2D eigenvalue weighted by molar-refractivity contribution is 7.89. The van der Waals surface area contributed by atoms with Crippen LogP contribution in [-0.2, 0) is 16.4 Å². The first-order valence-electron chi connectivity index (χ1n) is 6.82. The predicted octanol–water partition coefficient (Wildman–Crippen LogP) is 1.93. The first kappa shape index (κ1) is 14.3. The zero-order valence-corrected chi connectivity index (χ0v) is 12.5. The first-order chi connectivity index (χ1) is 9.97. The number of aliphatic hydroxyl groups is 1. The van der Waals surface area contributed by atoms with Crippen molar-refractivity contribution < 1.29 is 13.5 Å². The van der Waals surface area contributed by atoms with Crippen LogP contribution in [0.3, 0.4) is 0 Å². The van der Waals surface area contributed by atoms with Crippen LogP contribution >= 0.6 is 0 Å². The first-order valence-corrected chi connectivity index (χ1v) is 8.30. The molecular weight excluding hydrogens is 286 g/mol. The van der Waals surface area contributed by atoms with E-state index in [1.807, 2.05) is 31.2 Å². The molecule has 3 rings (SSSR count). The molecule has 0 amide bonds. The molecule has 0 bridgehead atoms. The molecule has 0 aliphatic heterocycles. The molecule has 21 heavy (non-hydrogen) atoms. The molecule has 0 aromatic heterocycles. The fourth-order valence-corrected chi connectivity index (χ4v) is 3.92. The number of rotatable bonds is 3. The van der Waals surface area contributed by atoms with Crippen molar-refractivity contribution in [3.63, 3.8) is 0 Å². The Hall–Kier alpha value is -1.69. The van der Waals surface area contributed by atoms with Crippen molar-refractivity contribution in [1.29, 1.82) is 0 Å². The van der Waals surface area contributed by atoms with E-state index >= 15 is 0 Å². The van der Waals surface area contributed by atoms with Gasteiger partial charge in [-0.25, -0.2) is 13.1 Å². The van der Waals surface area contributed by atoms with Crippen molar-refractivity contribution in [1.82, 2.24) is 4.72 Å². The van der Waals surface area contributed by atoms with Gasteiger partial charge in [0.2, 0.25) is 10.0 Å². The summed E-state index contributed by atoms with van der Waals surface area (Å²) in [7, 11) is -3.65. The highest BCUT2D eigenvalue weighted by Crippen LogP contribution is 2.32. The lowest BCUT2D eigenvalue weighted by Crippen LogP contribution is -2.33. The third-order valence-corrected chi connectivity index (χ3v) is 5.27. The second kappa shape index (κ2) is 5.26.